The Balaban J connectivity index is 2.01. The maximum atomic E-state index is 3.67. The van der Waals surface area contributed by atoms with Crippen molar-refractivity contribution in [2.45, 2.75) is 32.7 Å². The van der Waals surface area contributed by atoms with Gasteiger partial charge >= 0.3 is 0 Å². The third-order valence-corrected chi connectivity index (χ3v) is 4.25. The summed E-state index contributed by atoms with van der Waals surface area (Å²) in [6.07, 6.45) is 2.69. The largest absolute Gasteiger partial charge is 0.310 e. The van der Waals surface area contributed by atoms with Gasteiger partial charge in [0, 0.05) is 6.04 Å². The zero-order valence-corrected chi connectivity index (χ0v) is 11.2. The second kappa shape index (κ2) is 4.40. The highest BCUT2D eigenvalue weighted by atomic mass is 14.9. The van der Waals surface area contributed by atoms with Crippen LogP contribution < -0.4 is 5.32 Å². The van der Waals surface area contributed by atoms with Crippen LogP contribution in [0.25, 0.3) is 10.8 Å². The molecule has 1 saturated carbocycles. The molecule has 94 valence electrons. The fourth-order valence-corrected chi connectivity index (χ4v) is 2.84. The van der Waals surface area contributed by atoms with Crippen molar-refractivity contribution in [3.8, 4) is 0 Å². The predicted octanol–water partition coefficient (Wildman–Crippen LogP) is 4.29. The number of fused-ring (bicyclic) bond motifs is 1. The highest BCUT2D eigenvalue weighted by Gasteiger charge is 2.45. The van der Waals surface area contributed by atoms with E-state index in [4.69, 9.17) is 0 Å². The molecule has 0 spiro atoms. The standard InChI is InChI=1S/C17H21N/c1-3-18-16(17(2)10-11-17)15-9-8-13-6-4-5-7-14(13)12-15/h4-9,12,16,18H,3,10-11H2,1-2H3. The van der Waals surface area contributed by atoms with Gasteiger partial charge in [0.2, 0.25) is 0 Å². The van der Waals surface area contributed by atoms with Gasteiger partial charge in [-0.05, 0) is 47.2 Å². The molecular formula is C17H21N. The summed E-state index contributed by atoms with van der Waals surface area (Å²) >= 11 is 0. The van der Waals surface area contributed by atoms with Crippen LogP contribution in [-0.2, 0) is 0 Å². The summed E-state index contributed by atoms with van der Waals surface area (Å²) in [5.74, 6) is 0. The van der Waals surface area contributed by atoms with E-state index >= 15 is 0 Å². The lowest BCUT2D eigenvalue weighted by Gasteiger charge is -2.25. The molecule has 1 aliphatic carbocycles. The third kappa shape index (κ3) is 2.04. The van der Waals surface area contributed by atoms with Crippen molar-refractivity contribution in [3.05, 3.63) is 48.0 Å². The number of hydrogen-bond donors (Lipinski definition) is 1. The molecule has 1 nitrogen and oxygen atoms in total. The average molecular weight is 239 g/mol. The number of hydrogen-bond acceptors (Lipinski definition) is 1. The Morgan fingerprint density at radius 3 is 2.50 bits per heavy atom. The SMILES string of the molecule is CCNC(c1ccc2ccccc2c1)C1(C)CC1. The van der Waals surface area contributed by atoms with Crippen molar-refractivity contribution in [2.24, 2.45) is 5.41 Å². The van der Waals surface area contributed by atoms with Gasteiger partial charge in [0.15, 0.2) is 0 Å². The van der Waals surface area contributed by atoms with Gasteiger partial charge in [-0.2, -0.15) is 0 Å². The van der Waals surface area contributed by atoms with E-state index in [0.717, 1.165) is 6.54 Å². The highest BCUT2D eigenvalue weighted by molar-refractivity contribution is 5.83. The topological polar surface area (TPSA) is 12.0 Å². The first-order chi connectivity index (χ1) is 8.73. The van der Waals surface area contributed by atoms with E-state index in [2.05, 4.69) is 61.6 Å². The third-order valence-electron chi connectivity index (χ3n) is 4.25. The van der Waals surface area contributed by atoms with Gasteiger partial charge in [-0.1, -0.05) is 50.2 Å². The molecule has 1 fully saturated rings. The molecule has 0 amide bonds. The first-order valence-corrected chi connectivity index (χ1v) is 6.95. The first-order valence-electron chi connectivity index (χ1n) is 6.95. The maximum absolute atomic E-state index is 3.67. The van der Waals surface area contributed by atoms with E-state index in [1.807, 2.05) is 0 Å². The van der Waals surface area contributed by atoms with Crippen LogP contribution in [0.15, 0.2) is 42.5 Å². The Bertz CT molecular complexity index is 554. The van der Waals surface area contributed by atoms with E-state index in [9.17, 15) is 0 Å². The summed E-state index contributed by atoms with van der Waals surface area (Å²) in [7, 11) is 0. The van der Waals surface area contributed by atoms with E-state index in [0.29, 0.717) is 11.5 Å². The van der Waals surface area contributed by atoms with Crippen molar-refractivity contribution in [1.82, 2.24) is 5.32 Å². The Morgan fingerprint density at radius 1 is 1.11 bits per heavy atom. The zero-order chi connectivity index (χ0) is 12.6. The Labute approximate surface area is 109 Å². The first kappa shape index (κ1) is 11.7. The van der Waals surface area contributed by atoms with Crippen molar-refractivity contribution in [1.29, 1.82) is 0 Å². The van der Waals surface area contributed by atoms with E-state index in [1.54, 1.807) is 0 Å². The minimum absolute atomic E-state index is 0.471. The summed E-state index contributed by atoms with van der Waals surface area (Å²) in [6.45, 7) is 5.63. The van der Waals surface area contributed by atoms with E-state index in [-0.39, 0.29) is 0 Å². The summed E-state index contributed by atoms with van der Waals surface area (Å²) in [5.41, 5.74) is 1.91. The van der Waals surface area contributed by atoms with Crippen molar-refractivity contribution >= 4 is 10.8 Å². The molecule has 0 heterocycles. The van der Waals surface area contributed by atoms with Crippen LogP contribution in [0.1, 0.15) is 38.3 Å². The van der Waals surface area contributed by atoms with Gasteiger partial charge in [-0.25, -0.2) is 0 Å². The van der Waals surface area contributed by atoms with E-state index < -0.39 is 0 Å². The molecule has 0 saturated heterocycles. The lowest BCUT2D eigenvalue weighted by molar-refractivity contribution is 0.373. The smallest absolute Gasteiger partial charge is 0.0374 e. The van der Waals surface area contributed by atoms with Gasteiger partial charge in [0.05, 0.1) is 0 Å². The van der Waals surface area contributed by atoms with Gasteiger partial charge in [0.25, 0.3) is 0 Å². The zero-order valence-electron chi connectivity index (χ0n) is 11.2. The fraction of sp³-hybridized carbons (Fsp3) is 0.412. The van der Waals surface area contributed by atoms with E-state index in [1.165, 1.54) is 29.2 Å². The van der Waals surface area contributed by atoms with Crippen molar-refractivity contribution in [3.63, 3.8) is 0 Å². The summed E-state index contributed by atoms with van der Waals surface area (Å²) in [5, 5.41) is 6.35. The summed E-state index contributed by atoms with van der Waals surface area (Å²) in [6, 6.07) is 16.0. The molecular weight excluding hydrogens is 218 g/mol. The van der Waals surface area contributed by atoms with Crippen LogP contribution in [0.5, 0.6) is 0 Å². The van der Waals surface area contributed by atoms with Crippen LogP contribution in [0, 0.1) is 5.41 Å². The minimum Gasteiger partial charge on any atom is -0.310 e. The molecule has 18 heavy (non-hydrogen) atoms. The number of nitrogens with one attached hydrogen (secondary N) is 1. The maximum Gasteiger partial charge on any atom is 0.0374 e. The molecule has 2 aromatic carbocycles. The molecule has 2 aromatic rings. The van der Waals surface area contributed by atoms with Crippen LogP contribution in [0.2, 0.25) is 0 Å². The molecule has 3 rings (SSSR count). The molecule has 1 atom stereocenters. The number of benzene rings is 2. The Kier molecular flexibility index (Phi) is 2.87. The summed E-state index contributed by atoms with van der Waals surface area (Å²) < 4.78 is 0. The summed E-state index contributed by atoms with van der Waals surface area (Å²) in [4.78, 5) is 0. The lowest BCUT2D eigenvalue weighted by Crippen LogP contribution is -2.27. The lowest BCUT2D eigenvalue weighted by atomic mass is 9.90. The normalized spacial score (nSPS) is 18.8. The number of rotatable bonds is 4. The predicted molar refractivity (Wildman–Crippen MR) is 77.7 cm³/mol. The molecule has 0 aliphatic heterocycles. The van der Waals surface area contributed by atoms with Crippen molar-refractivity contribution in [2.75, 3.05) is 6.54 Å². The Hall–Kier alpha value is -1.34. The molecule has 1 N–H and O–H groups in total. The van der Waals surface area contributed by atoms with Crippen LogP contribution in [0.4, 0.5) is 0 Å². The quantitative estimate of drug-likeness (QED) is 0.839. The van der Waals surface area contributed by atoms with Crippen LogP contribution in [-0.4, -0.2) is 6.54 Å². The molecule has 1 heteroatoms. The van der Waals surface area contributed by atoms with Crippen molar-refractivity contribution < 1.29 is 0 Å². The van der Waals surface area contributed by atoms with Gasteiger partial charge in [-0.3, -0.25) is 0 Å². The highest BCUT2D eigenvalue weighted by Crippen LogP contribution is 2.54. The average Bonchev–Trinajstić information content (AvgIpc) is 3.14. The monoisotopic (exact) mass is 239 g/mol. The van der Waals surface area contributed by atoms with Gasteiger partial charge in [-0.15, -0.1) is 0 Å². The van der Waals surface area contributed by atoms with Crippen LogP contribution in [0.3, 0.4) is 0 Å². The molecule has 1 unspecified atom stereocenters. The molecule has 0 aromatic heterocycles. The van der Waals surface area contributed by atoms with Gasteiger partial charge in [0.1, 0.15) is 0 Å². The second-order valence-corrected chi connectivity index (χ2v) is 5.75. The molecule has 1 aliphatic rings. The minimum atomic E-state index is 0.471. The van der Waals surface area contributed by atoms with Crippen LogP contribution >= 0.6 is 0 Å². The fourth-order valence-electron chi connectivity index (χ4n) is 2.84. The molecule has 0 bridgehead atoms. The second-order valence-electron chi connectivity index (χ2n) is 5.75. The molecule has 0 radical (unpaired) electrons. The van der Waals surface area contributed by atoms with Gasteiger partial charge < -0.3 is 5.32 Å². The Morgan fingerprint density at radius 2 is 1.83 bits per heavy atom.